The summed E-state index contributed by atoms with van der Waals surface area (Å²) in [4.78, 5) is 12.1. The van der Waals surface area contributed by atoms with Crippen molar-refractivity contribution in [3.8, 4) is 0 Å². The van der Waals surface area contributed by atoms with Crippen LogP contribution >= 0.6 is 11.3 Å². The van der Waals surface area contributed by atoms with Crippen LogP contribution in [0, 0.1) is 5.82 Å². The Balaban J connectivity index is 2.32. The van der Waals surface area contributed by atoms with Gasteiger partial charge in [-0.15, -0.1) is 11.3 Å². The van der Waals surface area contributed by atoms with E-state index in [9.17, 15) is 17.6 Å². The number of halogens is 1. The highest BCUT2D eigenvalue weighted by atomic mass is 32.2. The lowest BCUT2D eigenvalue weighted by Crippen LogP contribution is -2.12. The Labute approximate surface area is 113 Å². The number of thiophene rings is 1. The number of rotatable bonds is 3. The Hall–Kier alpha value is -1.73. The van der Waals surface area contributed by atoms with Crippen LogP contribution < -0.4 is 5.32 Å². The van der Waals surface area contributed by atoms with Gasteiger partial charge in [0, 0.05) is 6.26 Å². The van der Waals surface area contributed by atoms with Crippen LogP contribution in [0.3, 0.4) is 0 Å². The van der Waals surface area contributed by atoms with Crippen LogP contribution in [0.5, 0.6) is 0 Å². The summed E-state index contributed by atoms with van der Waals surface area (Å²) in [6.45, 7) is 0. The van der Waals surface area contributed by atoms with Crippen molar-refractivity contribution in [1.82, 2.24) is 0 Å². The zero-order valence-electron chi connectivity index (χ0n) is 9.88. The molecular weight excluding hydrogens is 289 g/mol. The Morgan fingerprint density at radius 3 is 2.63 bits per heavy atom. The lowest BCUT2D eigenvalue weighted by Gasteiger charge is -2.07. The van der Waals surface area contributed by atoms with Gasteiger partial charge in [0.25, 0.3) is 5.91 Å². The van der Waals surface area contributed by atoms with Crippen LogP contribution in [-0.4, -0.2) is 20.6 Å². The number of anilines is 1. The van der Waals surface area contributed by atoms with Crippen LogP contribution in [0.4, 0.5) is 10.1 Å². The average molecular weight is 299 g/mol. The standard InChI is InChI=1S/C12H10FNO3S2/c1-19(16,17)8-4-5-9(13)10(7-8)14-12(15)11-3-2-6-18-11/h2-7H,1H3,(H,14,15). The molecule has 1 aromatic heterocycles. The van der Waals surface area contributed by atoms with Crippen molar-refractivity contribution in [2.75, 3.05) is 11.6 Å². The molecule has 0 radical (unpaired) electrons. The fourth-order valence-corrected chi connectivity index (χ4v) is 2.69. The molecule has 19 heavy (non-hydrogen) atoms. The first-order valence-corrected chi connectivity index (χ1v) is 7.99. The number of hydrogen-bond donors (Lipinski definition) is 1. The highest BCUT2D eigenvalue weighted by Crippen LogP contribution is 2.21. The van der Waals surface area contributed by atoms with E-state index >= 15 is 0 Å². The molecule has 100 valence electrons. The van der Waals surface area contributed by atoms with Gasteiger partial charge < -0.3 is 5.32 Å². The number of carbonyl (C=O) groups is 1. The molecule has 0 bridgehead atoms. The molecule has 2 rings (SSSR count). The topological polar surface area (TPSA) is 63.2 Å². The van der Waals surface area contributed by atoms with Gasteiger partial charge in [-0.25, -0.2) is 12.8 Å². The zero-order valence-corrected chi connectivity index (χ0v) is 11.5. The lowest BCUT2D eigenvalue weighted by molar-refractivity contribution is 0.103. The van der Waals surface area contributed by atoms with Crippen LogP contribution in [0.25, 0.3) is 0 Å². The monoisotopic (exact) mass is 299 g/mol. The molecule has 0 aliphatic carbocycles. The molecular formula is C12H10FNO3S2. The Morgan fingerprint density at radius 2 is 2.05 bits per heavy atom. The van der Waals surface area contributed by atoms with E-state index in [0.29, 0.717) is 4.88 Å². The summed E-state index contributed by atoms with van der Waals surface area (Å²) in [5.41, 5.74) is -0.152. The van der Waals surface area contributed by atoms with E-state index in [0.717, 1.165) is 24.5 Å². The molecule has 0 unspecified atom stereocenters. The highest BCUT2D eigenvalue weighted by Gasteiger charge is 2.14. The predicted molar refractivity (Wildman–Crippen MR) is 71.8 cm³/mol. The first-order valence-electron chi connectivity index (χ1n) is 5.22. The van der Waals surface area contributed by atoms with Crippen LogP contribution in [0.1, 0.15) is 9.67 Å². The van der Waals surface area contributed by atoms with Gasteiger partial charge in [0.05, 0.1) is 15.5 Å². The van der Waals surface area contributed by atoms with Gasteiger partial charge in [-0.2, -0.15) is 0 Å². The summed E-state index contributed by atoms with van der Waals surface area (Å²) in [5.74, 6) is -1.16. The molecule has 0 aliphatic rings. The summed E-state index contributed by atoms with van der Waals surface area (Å²) in [7, 11) is -3.45. The Morgan fingerprint density at radius 1 is 1.32 bits per heavy atom. The first-order chi connectivity index (χ1) is 8.88. The van der Waals surface area contributed by atoms with Crippen molar-refractivity contribution in [3.05, 3.63) is 46.4 Å². The van der Waals surface area contributed by atoms with Crippen LogP contribution in [0.2, 0.25) is 0 Å². The third-order valence-electron chi connectivity index (χ3n) is 2.36. The van der Waals surface area contributed by atoms with E-state index in [2.05, 4.69) is 5.32 Å². The molecule has 1 N–H and O–H groups in total. The third kappa shape index (κ3) is 3.18. The fraction of sp³-hybridized carbons (Fsp3) is 0.0833. The van der Waals surface area contributed by atoms with Crippen molar-refractivity contribution in [2.24, 2.45) is 0 Å². The molecule has 7 heteroatoms. The average Bonchev–Trinajstić information content (AvgIpc) is 2.84. The maximum absolute atomic E-state index is 13.6. The number of amides is 1. The molecule has 1 heterocycles. The summed E-state index contributed by atoms with van der Waals surface area (Å²) < 4.78 is 36.3. The smallest absolute Gasteiger partial charge is 0.265 e. The van der Waals surface area contributed by atoms with Crippen molar-refractivity contribution in [1.29, 1.82) is 0 Å². The number of hydrogen-bond acceptors (Lipinski definition) is 4. The summed E-state index contributed by atoms with van der Waals surface area (Å²) in [5, 5.41) is 4.08. The van der Waals surface area contributed by atoms with E-state index in [1.165, 1.54) is 11.3 Å². The molecule has 1 amide bonds. The van der Waals surface area contributed by atoms with Crippen LogP contribution in [0.15, 0.2) is 40.6 Å². The minimum absolute atomic E-state index is 0.0459. The molecule has 0 atom stereocenters. The highest BCUT2D eigenvalue weighted by molar-refractivity contribution is 7.90. The summed E-state index contributed by atoms with van der Waals surface area (Å²) in [6.07, 6.45) is 1.02. The third-order valence-corrected chi connectivity index (χ3v) is 4.34. The van der Waals surface area contributed by atoms with Crippen molar-refractivity contribution in [3.63, 3.8) is 0 Å². The fourth-order valence-electron chi connectivity index (χ4n) is 1.42. The minimum atomic E-state index is -3.45. The van der Waals surface area contributed by atoms with Crippen LogP contribution in [-0.2, 0) is 9.84 Å². The summed E-state index contributed by atoms with van der Waals surface area (Å²) in [6, 6.07) is 6.57. The van der Waals surface area contributed by atoms with E-state index in [4.69, 9.17) is 0 Å². The summed E-state index contributed by atoms with van der Waals surface area (Å²) >= 11 is 1.21. The molecule has 0 spiro atoms. The molecule has 2 aromatic rings. The lowest BCUT2D eigenvalue weighted by atomic mass is 10.3. The van der Waals surface area contributed by atoms with Gasteiger partial charge in [0.1, 0.15) is 5.82 Å². The molecule has 0 fully saturated rings. The van der Waals surface area contributed by atoms with E-state index < -0.39 is 21.6 Å². The second kappa shape index (κ2) is 5.10. The van der Waals surface area contributed by atoms with E-state index in [1.54, 1.807) is 17.5 Å². The van der Waals surface area contributed by atoms with Gasteiger partial charge in [0.15, 0.2) is 9.84 Å². The zero-order chi connectivity index (χ0) is 14.0. The largest absolute Gasteiger partial charge is 0.319 e. The van der Waals surface area contributed by atoms with Gasteiger partial charge in [-0.05, 0) is 29.6 Å². The SMILES string of the molecule is CS(=O)(=O)c1ccc(F)c(NC(=O)c2cccs2)c1. The second-order valence-electron chi connectivity index (χ2n) is 3.85. The van der Waals surface area contributed by atoms with Gasteiger partial charge in [-0.3, -0.25) is 4.79 Å². The number of benzene rings is 1. The number of nitrogens with one attached hydrogen (secondary N) is 1. The van der Waals surface area contributed by atoms with Crippen molar-refractivity contribution < 1.29 is 17.6 Å². The maximum Gasteiger partial charge on any atom is 0.265 e. The Kier molecular flexibility index (Phi) is 3.68. The minimum Gasteiger partial charge on any atom is -0.319 e. The quantitative estimate of drug-likeness (QED) is 0.886. The second-order valence-corrected chi connectivity index (χ2v) is 6.81. The molecule has 4 nitrogen and oxygen atoms in total. The van der Waals surface area contributed by atoms with Crippen molar-refractivity contribution >= 4 is 32.8 Å². The first kappa shape index (κ1) is 13.7. The van der Waals surface area contributed by atoms with E-state index in [-0.39, 0.29) is 10.6 Å². The van der Waals surface area contributed by atoms with Crippen molar-refractivity contribution in [2.45, 2.75) is 4.90 Å². The molecule has 1 aromatic carbocycles. The molecule has 0 saturated heterocycles. The van der Waals surface area contributed by atoms with Gasteiger partial charge >= 0.3 is 0 Å². The maximum atomic E-state index is 13.6. The number of sulfone groups is 1. The Bertz CT molecular complexity index is 709. The normalized spacial score (nSPS) is 11.3. The van der Waals surface area contributed by atoms with E-state index in [1.807, 2.05) is 0 Å². The predicted octanol–water partition coefficient (Wildman–Crippen LogP) is 2.54. The number of carbonyl (C=O) groups excluding carboxylic acids is 1. The van der Waals surface area contributed by atoms with Gasteiger partial charge in [-0.1, -0.05) is 6.07 Å². The molecule has 0 aliphatic heterocycles. The molecule has 0 saturated carbocycles. The van der Waals surface area contributed by atoms with Gasteiger partial charge in [0.2, 0.25) is 0 Å².